The number of hydrogen-bond donors (Lipinski definition) is 3. The predicted octanol–water partition coefficient (Wildman–Crippen LogP) is 5.04. The fraction of sp³-hybridized carbons (Fsp3) is 0.179. The molecule has 0 atom stereocenters. The maximum atomic E-state index is 12.2. The van der Waals surface area contributed by atoms with Crippen LogP contribution in [0.2, 0.25) is 0 Å². The second kappa shape index (κ2) is 10.3. The molecule has 1 aliphatic rings. The molecule has 0 fully saturated rings. The fourth-order valence-electron chi connectivity index (χ4n) is 4.30. The molecule has 0 aromatic heterocycles. The van der Waals surface area contributed by atoms with Gasteiger partial charge in [0.15, 0.2) is 0 Å². The van der Waals surface area contributed by atoms with E-state index in [1.54, 1.807) is 19.9 Å². The molecule has 0 unspecified atom stereocenters. The molecule has 3 aromatic rings. The molecular formula is C28H26N2O5. The van der Waals surface area contributed by atoms with Gasteiger partial charge in [-0.25, -0.2) is 9.59 Å². The van der Waals surface area contributed by atoms with Gasteiger partial charge in [0.25, 0.3) is 0 Å². The summed E-state index contributed by atoms with van der Waals surface area (Å²) in [6.45, 7) is 3.82. The van der Waals surface area contributed by atoms with Gasteiger partial charge in [-0.1, -0.05) is 54.6 Å². The number of fused-ring (bicyclic) bond motifs is 3. The van der Waals surface area contributed by atoms with Crippen LogP contribution in [-0.2, 0) is 9.53 Å². The van der Waals surface area contributed by atoms with E-state index < -0.39 is 18.0 Å². The number of rotatable bonds is 7. The van der Waals surface area contributed by atoms with E-state index in [4.69, 9.17) is 4.74 Å². The number of carboxylic acid groups (broad SMARTS) is 1. The summed E-state index contributed by atoms with van der Waals surface area (Å²) < 4.78 is 5.46. The summed E-state index contributed by atoms with van der Waals surface area (Å²) in [6.07, 6.45) is 2.20. The molecule has 0 spiro atoms. The first-order chi connectivity index (χ1) is 16.8. The third-order valence-corrected chi connectivity index (χ3v) is 6.14. The highest BCUT2D eigenvalue weighted by Crippen LogP contribution is 2.44. The summed E-state index contributed by atoms with van der Waals surface area (Å²) in [7, 11) is 0. The number of alkyl carbamates (subject to hydrolysis) is 1. The van der Waals surface area contributed by atoms with Gasteiger partial charge in [0.05, 0.1) is 5.56 Å². The van der Waals surface area contributed by atoms with Crippen LogP contribution in [0.5, 0.6) is 0 Å². The number of nitrogens with one attached hydrogen (secondary N) is 2. The molecule has 0 bridgehead atoms. The van der Waals surface area contributed by atoms with E-state index in [0.717, 1.165) is 27.8 Å². The number of amides is 2. The summed E-state index contributed by atoms with van der Waals surface area (Å²) in [4.78, 5) is 35.8. The number of anilines is 1. The molecule has 0 aliphatic heterocycles. The lowest BCUT2D eigenvalue weighted by molar-refractivity contribution is -0.111. The maximum Gasteiger partial charge on any atom is 0.407 e. The summed E-state index contributed by atoms with van der Waals surface area (Å²) in [5, 5.41) is 14.6. The number of benzene rings is 3. The van der Waals surface area contributed by atoms with Crippen LogP contribution in [0, 0.1) is 13.8 Å². The number of carbonyl (C=O) groups excluding carboxylic acids is 2. The molecule has 7 nitrogen and oxygen atoms in total. The Hall–Kier alpha value is -4.39. The Morgan fingerprint density at radius 2 is 1.60 bits per heavy atom. The van der Waals surface area contributed by atoms with E-state index in [1.807, 2.05) is 24.3 Å². The molecule has 2 amide bonds. The summed E-state index contributed by atoms with van der Waals surface area (Å²) in [6, 6.07) is 19.3. The van der Waals surface area contributed by atoms with Crippen molar-refractivity contribution in [1.29, 1.82) is 0 Å². The fourth-order valence-corrected chi connectivity index (χ4v) is 4.30. The van der Waals surface area contributed by atoms with Crippen LogP contribution in [0.3, 0.4) is 0 Å². The number of aromatic carboxylic acids is 1. The van der Waals surface area contributed by atoms with E-state index in [-0.39, 0.29) is 24.6 Å². The quantitative estimate of drug-likeness (QED) is 0.420. The van der Waals surface area contributed by atoms with Crippen molar-refractivity contribution in [2.45, 2.75) is 19.8 Å². The molecular weight excluding hydrogens is 444 g/mol. The van der Waals surface area contributed by atoms with Crippen LogP contribution in [0.4, 0.5) is 10.5 Å². The SMILES string of the molecule is Cc1cc(NC(=O)/C=C/CNC(=O)OCC2c3ccccc3-c3ccccc32)cc(C(=O)O)c1C. The highest BCUT2D eigenvalue weighted by molar-refractivity contribution is 6.00. The third kappa shape index (κ3) is 5.24. The minimum absolute atomic E-state index is 0.0249. The van der Waals surface area contributed by atoms with E-state index >= 15 is 0 Å². The van der Waals surface area contributed by atoms with Crippen molar-refractivity contribution < 1.29 is 24.2 Å². The third-order valence-electron chi connectivity index (χ3n) is 6.14. The van der Waals surface area contributed by atoms with E-state index in [2.05, 4.69) is 34.9 Å². The topological polar surface area (TPSA) is 105 Å². The number of hydrogen-bond acceptors (Lipinski definition) is 4. The predicted molar refractivity (Wildman–Crippen MR) is 134 cm³/mol. The van der Waals surface area contributed by atoms with Gasteiger partial charge in [0.2, 0.25) is 5.91 Å². The average Bonchev–Trinajstić information content (AvgIpc) is 3.16. The average molecular weight is 471 g/mol. The van der Waals surface area contributed by atoms with Gasteiger partial charge < -0.3 is 20.5 Å². The van der Waals surface area contributed by atoms with Crippen molar-refractivity contribution in [1.82, 2.24) is 5.32 Å². The standard InChI is InChI=1S/C28H26N2O5/c1-17-14-19(15-24(18(17)2)27(32)33)30-26(31)12-7-13-29-28(34)35-16-25-22-10-5-3-8-20(22)21-9-4-6-11-23(21)25/h3-12,14-15,25H,13,16H2,1-2H3,(H,29,34)(H,30,31)(H,32,33)/b12-7+. The van der Waals surface area contributed by atoms with Crippen LogP contribution >= 0.6 is 0 Å². The molecule has 4 rings (SSSR count). The highest BCUT2D eigenvalue weighted by Gasteiger charge is 2.28. The van der Waals surface area contributed by atoms with E-state index in [1.165, 1.54) is 18.2 Å². The van der Waals surface area contributed by atoms with Crippen molar-refractivity contribution in [3.63, 3.8) is 0 Å². The first kappa shape index (κ1) is 23.8. The molecule has 0 heterocycles. The Kier molecular flexibility index (Phi) is 6.96. The van der Waals surface area contributed by atoms with Crippen LogP contribution in [0.1, 0.15) is 38.5 Å². The lowest BCUT2D eigenvalue weighted by Crippen LogP contribution is -2.26. The normalized spacial score (nSPS) is 12.2. The zero-order chi connectivity index (χ0) is 24.9. The van der Waals surface area contributed by atoms with Crippen molar-refractivity contribution in [3.05, 3.63) is 101 Å². The summed E-state index contributed by atoms with van der Waals surface area (Å²) >= 11 is 0. The van der Waals surface area contributed by atoms with Gasteiger partial charge in [0, 0.05) is 24.2 Å². The van der Waals surface area contributed by atoms with Gasteiger partial charge in [-0.15, -0.1) is 0 Å². The van der Waals surface area contributed by atoms with Crippen LogP contribution in [-0.4, -0.2) is 36.2 Å². The smallest absolute Gasteiger partial charge is 0.407 e. The summed E-state index contributed by atoms with van der Waals surface area (Å²) in [5.41, 5.74) is 6.53. The van der Waals surface area contributed by atoms with E-state index in [0.29, 0.717) is 11.3 Å². The van der Waals surface area contributed by atoms with Crippen LogP contribution in [0.15, 0.2) is 72.8 Å². The zero-order valence-electron chi connectivity index (χ0n) is 19.5. The number of aryl methyl sites for hydroxylation is 1. The van der Waals surface area contributed by atoms with Crippen LogP contribution < -0.4 is 10.6 Å². The van der Waals surface area contributed by atoms with Crippen molar-refractivity contribution in [3.8, 4) is 11.1 Å². The molecule has 0 saturated carbocycles. The number of carbonyl (C=O) groups is 3. The Bertz CT molecular complexity index is 1280. The minimum Gasteiger partial charge on any atom is -0.478 e. The Labute approximate surface area is 203 Å². The zero-order valence-corrected chi connectivity index (χ0v) is 19.5. The second-order valence-corrected chi connectivity index (χ2v) is 8.37. The van der Waals surface area contributed by atoms with E-state index in [9.17, 15) is 19.5 Å². The van der Waals surface area contributed by atoms with Crippen molar-refractivity contribution in [2.24, 2.45) is 0 Å². The summed E-state index contributed by atoms with van der Waals surface area (Å²) in [5.74, 6) is -1.51. The van der Waals surface area contributed by atoms with Crippen LogP contribution in [0.25, 0.3) is 11.1 Å². The Balaban J connectivity index is 1.28. The maximum absolute atomic E-state index is 12.2. The van der Waals surface area contributed by atoms with Gasteiger partial charge in [-0.3, -0.25) is 4.79 Å². The van der Waals surface area contributed by atoms with Gasteiger partial charge >= 0.3 is 12.1 Å². The van der Waals surface area contributed by atoms with Gasteiger partial charge in [-0.2, -0.15) is 0 Å². The largest absolute Gasteiger partial charge is 0.478 e. The second-order valence-electron chi connectivity index (χ2n) is 8.37. The number of carboxylic acids is 1. The lowest BCUT2D eigenvalue weighted by Gasteiger charge is -2.14. The first-order valence-electron chi connectivity index (χ1n) is 11.3. The minimum atomic E-state index is -1.05. The molecule has 3 N–H and O–H groups in total. The van der Waals surface area contributed by atoms with Crippen molar-refractivity contribution >= 4 is 23.7 Å². The van der Waals surface area contributed by atoms with Crippen molar-refractivity contribution in [2.75, 3.05) is 18.5 Å². The Morgan fingerprint density at radius 1 is 0.971 bits per heavy atom. The van der Waals surface area contributed by atoms with Gasteiger partial charge in [0.1, 0.15) is 6.61 Å². The molecule has 7 heteroatoms. The van der Waals surface area contributed by atoms with Gasteiger partial charge in [-0.05, 0) is 59.4 Å². The first-order valence-corrected chi connectivity index (χ1v) is 11.3. The molecule has 0 radical (unpaired) electrons. The molecule has 1 aliphatic carbocycles. The molecule has 178 valence electrons. The molecule has 35 heavy (non-hydrogen) atoms. The highest BCUT2D eigenvalue weighted by atomic mass is 16.5. The Morgan fingerprint density at radius 3 is 2.23 bits per heavy atom. The molecule has 3 aromatic carbocycles. The lowest BCUT2D eigenvalue weighted by atomic mass is 9.98. The monoisotopic (exact) mass is 470 g/mol. The number of ether oxygens (including phenoxy) is 1. The molecule has 0 saturated heterocycles.